The largest absolute Gasteiger partial charge is 0.465 e. The average Bonchev–Trinajstić information content (AvgIpc) is 3.03. The number of carboxylic acid groups (broad SMARTS) is 1. The SMILES string of the molecule is O=C(O)N[C@@H]1CCCN(c2nn3cc[nH]c(=O)c3c2Cc2ccccc2Cl)C1. The van der Waals surface area contributed by atoms with Crippen LogP contribution in [-0.4, -0.2) is 44.9 Å². The van der Waals surface area contributed by atoms with Crippen LogP contribution >= 0.6 is 11.6 Å². The molecule has 1 saturated heterocycles. The molecule has 1 amide bonds. The minimum Gasteiger partial charge on any atom is -0.465 e. The van der Waals surface area contributed by atoms with E-state index in [4.69, 9.17) is 16.7 Å². The predicted octanol–water partition coefficient (Wildman–Crippen LogP) is 2.50. The molecule has 0 unspecified atom stereocenters. The highest BCUT2D eigenvalue weighted by Gasteiger charge is 2.27. The van der Waals surface area contributed by atoms with Crippen molar-refractivity contribution >= 4 is 29.0 Å². The van der Waals surface area contributed by atoms with Gasteiger partial charge in [0.2, 0.25) is 0 Å². The third-order valence-electron chi connectivity index (χ3n) is 5.01. The number of amides is 1. The maximum atomic E-state index is 12.5. The fourth-order valence-electron chi connectivity index (χ4n) is 3.77. The number of rotatable bonds is 4. The lowest BCUT2D eigenvalue weighted by Crippen LogP contribution is -2.47. The molecule has 1 aromatic carbocycles. The maximum absolute atomic E-state index is 12.5. The van der Waals surface area contributed by atoms with Crippen LogP contribution in [0, 0.1) is 0 Å². The van der Waals surface area contributed by atoms with E-state index in [2.05, 4.69) is 15.4 Å². The molecule has 0 bridgehead atoms. The summed E-state index contributed by atoms with van der Waals surface area (Å²) < 4.78 is 1.58. The predicted molar refractivity (Wildman–Crippen MR) is 106 cm³/mol. The third-order valence-corrected chi connectivity index (χ3v) is 5.37. The normalized spacial score (nSPS) is 17.0. The zero-order valence-corrected chi connectivity index (χ0v) is 15.8. The van der Waals surface area contributed by atoms with Gasteiger partial charge in [0.05, 0.1) is 0 Å². The van der Waals surface area contributed by atoms with E-state index in [1.165, 1.54) is 0 Å². The number of aromatic nitrogens is 3. The molecule has 8 nitrogen and oxygen atoms in total. The number of aromatic amines is 1. The molecular weight excluding hydrogens is 382 g/mol. The first-order valence-electron chi connectivity index (χ1n) is 9.09. The number of hydrogen-bond donors (Lipinski definition) is 3. The summed E-state index contributed by atoms with van der Waals surface area (Å²) in [4.78, 5) is 28.3. The van der Waals surface area contributed by atoms with Gasteiger partial charge in [0.1, 0.15) is 5.52 Å². The van der Waals surface area contributed by atoms with Gasteiger partial charge in [-0.2, -0.15) is 0 Å². The summed E-state index contributed by atoms with van der Waals surface area (Å²) in [5.41, 5.74) is 1.94. The summed E-state index contributed by atoms with van der Waals surface area (Å²) in [6, 6.07) is 7.34. The average molecular weight is 402 g/mol. The minimum absolute atomic E-state index is 0.178. The second-order valence-electron chi connectivity index (χ2n) is 6.89. The van der Waals surface area contributed by atoms with Crippen LogP contribution < -0.4 is 15.8 Å². The van der Waals surface area contributed by atoms with Crippen LogP contribution in [0.25, 0.3) is 5.52 Å². The highest BCUT2D eigenvalue weighted by atomic mass is 35.5. The van der Waals surface area contributed by atoms with Gasteiger partial charge in [-0.15, -0.1) is 5.10 Å². The summed E-state index contributed by atoms with van der Waals surface area (Å²) in [5.74, 6) is 0.688. The third kappa shape index (κ3) is 3.55. The summed E-state index contributed by atoms with van der Waals surface area (Å²) >= 11 is 6.35. The van der Waals surface area contributed by atoms with Crippen molar-refractivity contribution in [3.8, 4) is 0 Å². The number of benzene rings is 1. The van der Waals surface area contributed by atoms with Gasteiger partial charge in [-0.1, -0.05) is 29.8 Å². The fourth-order valence-corrected chi connectivity index (χ4v) is 3.97. The first-order chi connectivity index (χ1) is 13.5. The van der Waals surface area contributed by atoms with E-state index in [0.29, 0.717) is 29.3 Å². The molecule has 3 heterocycles. The van der Waals surface area contributed by atoms with Crippen molar-refractivity contribution in [2.24, 2.45) is 0 Å². The molecule has 0 spiro atoms. The zero-order chi connectivity index (χ0) is 19.7. The summed E-state index contributed by atoms with van der Waals surface area (Å²) in [6.45, 7) is 1.25. The Kier molecular flexibility index (Phi) is 4.95. The molecule has 0 saturated carbocycles. The molecule has 3 N–H and O–H groups in total. The molecule has 4 rings (SSSR count). The van der Waals surface area contributed by atoms with Crippen molar-refractivity contribution < 1.29 is 9.90 Å². The topological polar surface area (TPSA) is 103 Å². The Balaban J connectivity index is 1.77. The van der Waals surface area contributed by atoms with Gasteiger partial charge in [0.15, 0.2) is 5.82 Å². The van der Waals surface area contributed by atoms with E-state index in [1.807, 2.05) is 29.2 Å². The number of hydrogen-bond acceptors (Lipinski definition) is 4. The van der Waals surface area contributed by atoms with Gasteiger partial charge in [-0.3, -0.25) is 4.79 Å². The van der Waals surface area contributed by atoms with Crippen LogP contribution in [-0.2, 0) is 6.42 Å². The van der Waals surface area contributed by atoms with Crippen LogP contribution in [0.2, 0.25) is 5.02 Å². The highest BCUT2D eigenvalue weighted by molar-refractivity contribution is 6.31. The highest BCUT2D eigenvalue weighted by Crippen LogP contribution is 2.29. The fraction of sp³-hybridized carbons (Fsp3) is 0.316. The smallest absolute Gasteiger partial charge is 0.404 e. The first-order valence-corrected chi connectivity index (χ1v) is 9.47. The van der Waals surface area contributed by atoms with E-state index >= 15 is 0 Å². The zero-order valence-electron chi connectivity index (χ0n) is 15.1. The van der Waals surface area contributed by atoms with Gasteiger partial charge < -0.3 is 20.3 Å². The van der Waals surface area contributed by atoms with E-state index < -0.39 is 6.09 Å². The standard InChI is InChI=1S/C19H20ClN5O3/c20-15-6-2-1-4-12(15)10-14-16-18(26)21-7-9-25(16)23-17(14)24-8-3-5-13(11-24)22-19(27)28/h1-2,4,6-7,9,13,22H,3,5,8,10-11H2,(H,21,26)(H,27,28)/t13-/m1/s1. The van der Waals surface area contributed by atoms with E-state index in [0.717, 1.165) is 30.5 Å². The molecule has 1 fully saturated rings. The van der Waals surface area contributed by atoms with Crippen LogP contribution in [0.3, 0.4) is 0 Å². The molecule has 2 aromatic heterocycles. The second-order valence-corrected chi connectivity index (χ2v) is 7.29. The Hall–Kier alpha value is -3.00. The van der Waals surface area contributed by atoms with Crippen molar-refractivity contribution in [3.05, 3.63) is 63.2 Å². The molecule has 146 valence electrons. The first kappa shape index (κ1) is 18.4. The number of H-pyrrole nitrogens is 1. The lowest BCUT2D eigenvalue weighted by molar-refractivity contribution is 0.188. The number of halogens is 1. The summed E-state index contributed by atoms with van der Waals surface area (Å²) in [6.07, 6.45) is 4.29. The lowest BCUT2D eigenvalue weighted by Gasteiger charge is -2.33. The van der Waals surface area contributed by atoms with Crippen molar-refractivity contribution in [2.45, 2.75) is 25.3 Å². The molecule has 0 aliphatic carbocycles. The molecule has 9 heteroatoms. The summed E-state index contributed by atoms with van der Waals surface area (Å²) in [5, 5.41) is 16.9. The van der Waals surface area contributed by atoms with E-state index in [9.17, 15) is 9.59 Å². The molecule has 28 heavy (non-hydrogen) atoms. The van der Waals surface area contributed by atoms with Gasteiger partial charge in [0.25, 0.3) is 5.56 Å². The van der Waals surface area contributed by atoms with Crippen LogP contribution in [0.1, 0.15) is 24.0 Å². The Morgan fingerprint density at radius 3 is 3.00 bits per heavy atom. The molecule has 1 aliphatic heterocycles. The molecule has 1 aliphatic rings. The Labute approximate surface area is 165 Å². The minimum atomic E-state index is -1.03. The van der Waals surface area contributed by atoms with Crippen LogP contribution in [0.4, 0.5) is 10.6 Å². The monoisotopic (exact) mass is 401 g/mol. The quantitative estimate of drug-likeness (QED) is 0.623. The molecular formula is C19H20ClN5O3. The number of nitrogens with zero attached hydrogens (tertiary/aromatic N) is 3. The Morgan fingerprint density at radius 1 is 1.39 bits per heavy atom. The van der Waals surface area contributed by atoms with Crippen LogP contribution in [0.5, 0.6) is 0 Å². The van der Waals surface area contributed by atoms with Gasteiger partial charge >= 0.3 is 6.09 Å². The van der Waals surface area contributed by atoms with Crippen molar-refractivity contribution in [3.63, 3.8) is 0 Å². The summed E-state index contributed by atoms with van der Waals surface area (Å²) in [7, 11) is 0. The molecule has 1 atom stereocenters. The van der Waals surface area contributed by atoms with Gasteiger partial charge in [-0.05, 0) is 24.5 Å². The van der Waals surface area contributed by atoms with Crippen LogP contribution in [0.15, 0.2) is 41.5 Å². The van der Waals surface area contributed by atoms with Gasteiger partial charge in [-0.25, -0.2) is 9.31 Å². The number of carbonyl (C=O) groups is 1. The van der Waals surface area contributed by atoms with Crippen molar-refractivity contribution in [1.82, 2.24) is 19.9 Å². The number of fused-ring (bicyclic) bond motifs is 1. The van der Waals surface area contributed by atoms with E-state index in [1.54, 1.807) is 16.9 Å². The Morgan fingerprint density at radius 2 is 2.21 bits per heavy atom. The maximum Gasteiger partial charge on any atom is 0.404 e. The second kappa shape index (κ2) is 7.55. The van der Waals surface area contributed by atoms with Crippen molar-refractivity contribution in [2.75, 3.05) is 18.0 Å². The number of anilines is 1. The number of piperidine rings is 1. The van der Waals surface area contributed by atoms with Crippen molar-refractivity contribution in [1.29, 1.82) is 0 Å². The number of nitrogens with one attached hydrogen (secondary N) is 2. The molecule has 0 radical (unpaired) electrons. The van der Waals surface area contributed by atoms with E-state index in [-0.39, 0.29) is 11.6 Å². The lowest BCUT2D eigenvalue weighted by atomic mass is 10.0. The Bertz CT molecular complexity index is 1080. The van der Waals surface area contributed by atoms with Gasteiger partial charge in [0, 0.05) is 48.5 Å². The molecule has 3 aromatic rings.